The highest BCUT2D eigenvalue weighted by molar-refractivity contribution is 5.93. The standard InChI is InChI=1S/C20H22N2/c1-5-13-9-11-17(21)19(15(13)7-3)20-16(8-4)14(6-2)10-12-18(20)22/h5-12H,1,3,21-22H2,2,4H3/b14-6-,16-8+. The van der Waals surface area contributed by atoms with Crippen LogP contribution in [0.2, 0.25) is 0 Å². The topological polar surface area (TPSA) is 52.0 Å². The molecule has 0 aliphatic heterocycles. The van der Waals surface area contributed by atoms with Crippen LogP contribution < -0.4 is 21.9 Å². The normalized spacial score (nSPS) is 12.5. The molecule has 0 atom stereocenters. The molecule has 2 heteroatoms. The molecule has 0 spiro atoms. The van der Waals surface area contributed by atoms with Crippen molar-refractivity contribution in [3.63, 3.8) is 0 Å². The van der Waals surface area contributed by atoms with Gasteiger partial charge in [0, 0.05) is 22.5 Å². The second kappa shape index (κ2) is 6.35. The Hall–Kier alpha value is -2.74. The van der Waals surface area contributed by atoms with Gasteiger partial charge in [0.2, 0.25) is 0 Å². The van der Waals surface area contributed by atoms with Crippen molar-refractivity contribution in [2.75, 3.05) is 11.5 Å². The van der Waals surface area contributed by atoms with Crippen LogP contribution in [-0.4, -0.2) is 0 Å². The third-order valence-electron chi connectivity index (χ3n) is 3.90. The second-order valence-electron chi connectivity index (χ2n) is 5.05. The van der Waals surface area contributed by atoms with Crippen molar-refractivity contribution >= 4 is 35.7 Å². The zero-order valence-electron chi connectivity index (χ0n) is 13.2. The van der Waals surface area contributed by atoms with E-state index in [9.17, 15) is 0 Å². The summed E-state index contributed by atoms with van der Waals surface area (Å²) in [7, 11) is 0. The first-order valence-corrected chi connectivity index (χ1v) is 7.27. The van der Waals surface area contributed by atoms with Gasteiger partial charge in [0.25, 0.3) is 0 Å². The Labute approximate surface area is 131 Å². The third kappa shape index (κ3) is 2.44. The van der Waals surface area contributed by atoms with Gasteiger partial charge in [0.05, 0.1) is 0 Å². The summed E-state index contributed by atoms with van der Waals surface area (Å²) in [5.41, 5.74) is 17.8. The van der Waals surface area contributed by atoms with Gasteiger partial charge >= 0.3 is 0 Å². The highest BCUT2D eigenvalue weighted by atomic mass is 14.6. The van der Waals surface area contributed by atoms with Gasteiger partial charge < -0.3 is 11.5 Å². The van der Waals surface area contributed by atoms with E-state index < -0.39 is 0 Å². The van der Waals surface area contributed by atoms with Crippen LogP contribution in [0.25, 0.3) is 35.4 Å². The van der Waals surface area contributed by atoms with Gasteiger partial charge in [-0.05, 0) is 47.5 Å². The first kappa shape index (κ1) is 15.6. The minimum absolute atomic E-state index is 0.684. The lowest BCUT2D eigenvalue weighted by molar-refractivity contribution is 1.46. The predicted octanol–water partition coefficient (Wildman–Crippen LogP) is 3.40. The van der Waals surface area contributed by atoms with E-state index in [0.717, 1.165) is 32.7 Å². The Bertz CT molecular complexity index is 858. The van der Waals surface area contributed by atoms with Crippen LogP contribution in [0.5, 0.6) is 0 Å². The molecule has 0 radical (unpaired) electrons. The zero-order chi connectivity index (χ0) is 16.3. The minimum atomic E-state index is 0.684. The van der Waals surface area contributed by atoms with E-state index in [1.54, 1.807) is 6.08 Å². The molecule has 0 aromatic heterocycles. The Morgan fingerprint density at radius 2 is 1.45 bits per heavy atom. The summed E-state index contributed by atoms with van der Waals surface area (Å²) in [5, 5.41) is 2.21. The van der Waals surface area contributed by atoms with E-state index in [1.165, 1.54) is 0 Å². The summed E-state index contributed by atoms with van der Waals surface area (Å²) in [6.07, 6.45) is 7.75. The SMILES string of the molecule is C=Cc1ccc(N)c(-c2c(N)ccc(=C/C)/c2=C\C)c1C=C. The van der Waals surface area contributed by atoms with Crippen molar-refractivity contribution in [1.82, 2.24) is 0 Å². The number of hydrogen-bond donors (Lipinski definition) is 2. The fraction of sp³-hybridized carbons (Fsp3) is 0.100. The lowest BCUT2D eigenvalue weighted by Crippen LogP contribution is -2.27. The van der Waals surface area contributed by atoms with Gasteiger partial charge in [0.15, 0.2) is 0 Å². The fourth-order valence-corrected chi connectivity index (χ4v) is 2.82. The largest absolute Gasteiger partial charge is 0.398 e. The van der Waals surface area contributed by atoms with Crippen LogP contribution in [0.3, 0.4) is 0 Å². The maximum atomic E-state index is 6.29. The Kier molecular flexibility index (Phi) is 4.52. The second-order valence-corrected chi connectivity index (χ2v) is 5.05. The number of hydrogen-bond acceptors (Lipinski definition) is 2. The summed E-state index contributed by atoms with van der Waals surface area (Å²) in [5.74, 6) is 0. The molecule has 4 N–H and O–H groups in total. The van der Waals surface area contributed by atoms with Crippen LogP contribution in [0.15, 0.2) is 37.4 Å². The summed E-state index contributed by atoms with van der Waals surface area (Å²) < 4.78 is 0. The molecule has 112 valence electrons. The summed E-state index contributed by atoms with van der Waals surface area (Å²) in [6.45, 7) is 11.8. The molecule has 0 amide bonds. The predicted molar refractivity (Wildman–Crippen MR) is 100 cm³/mol. The molecule has 0 aliphatic rings. The lowest BCUT2D eigenvalue weighted by Gasteiger charge is -2.16. The van der Waals surface area contributed by atoms with E-state index in [1.807, 2.05) is 44.2 Å². The van der Waals surface area contributed by atoms with Crippen molar-refractivity contribution in [3.05, 3.63) is 59.0 Å². The number of anilines is 2. The number of nitrogens with two attached hydrogens (primary N) is 2. The van der Waals surface area contributed by atoms with E-state index in [4.69, 9.17) is 11.5 Å². The molecule has 0 saturated carbocycles. The third-order valence-corrected chi connectivity index (χ3v) is 3.90. The molecule has 2 aromatic carbocycles. The molecular weight excluding hydrogens is 268 g/mol. The van der Waals surface area contributed by atoms with Gasteiger partial charge in [-0.2, -0.15) is 0 Å². The Morgan fingerprint density at radius 1 is 0.818 bits per heavy atom. The number of benzene rings is 2. The molecule has 2 nitrogen and oxygen atoms in total. The van der Waals surface area contributed by atoms with E-state index in [0.29, 0.717) is 11.4 Å². The first-order chi connectivity index (χ1) is 10.6. The van der Waals surface area contributed by atoms with Gasteiger partial charge in [-0.3, -0.25) is 0 Å². The quantitative estimate of drug-likeness (QED) is 0.851. The number of rotatable bonds is 3. The molecule has 0 heterocycles. The van der Waals surface area contributed by atoms with Crippen LogP contribution >= 0.6 is 0 Å². The molecule has 0 saturated heterocycles. The smallest absolute Gasteiger partial charge is 0.0401 e. The van der Waals surface area contributed by atoms with E-state index >= 15 is 0 Å². The van der Waals surface area contributed by atoms with Crippen molar-refractivity contribution in [3.8, 4) is 11.1 Å². The van der Waals surface area contributed by atoms with Crippen LogP contribution in [0, 0.1) is 0 Å². The van der Waals surface area contributed by atoms with Crippen LogP contribution in [0.4, 0.5) is 11.4 Å². The highest BCUT2D eigenvalue weighted by Gasteiger charge is 2.14. The molecule has 2 aromatic rings. The minimum Gasteiger partial charge on any atom is -0.398 e. The molecule has 0 aliphatic carbocycles. The molecule has 0 fully saturated rings. The summed E-state index contributed by atoms with van der Waals surface area (Å²) in [6, 6.07) is 7.78. The molecular formula is C20H22N2. The first-order valence-electron chi connectivity index (χ1n) is 7.27. The van der Waals surface area contributed by atoms with Crippen LogP contribution in [0.1, 0.15) is 25.0 Å². The maximum absolute atomic E-state index is 6.29. The maximum Gasteiger partial charge on any atom is 0.0401 e. The van der Waals surface area contributed by atoms with Crippen molar-refractivity contribution in [2.45, 2.75) is 13.8 Å². The number of nitrogen functional groups attached to an aromatic ring is 2. The van der Waals surface area contributed by atoms with Gasteiger partial charge in [-0.1, -0.05) is 49.6 Å². The van der Waals surface area contributed by atoms with Gasteiger partial charge in [0.1, 0.15) is 0 Å². The van der Waals surface area contributed by atoms with Gasteiger partial charge in [-0.25, -0.2) is 0 Å². The zero-order valence-corrected chi connectivity index (χ0v) is 13.2. The fourth-order valence-electron chi connectivity index (χ4n) is 2.82. The molecule has 22 heavy (non-hydrogen) atoms. The monoisotopic (exact) mass is 290 g/mol. The molecule has 2 rings (SSSR count). The van der Waals surface area contributed by atoms with E-state index in [-0.39, 0.29) is 0 Å². The molecule has 0 bridgehead atoms. The summed E-state index contributed by atoms with van der Waals surface area (Å²) >= 11 is 0. The summed E-state index contributed by atoms with van der Waals surface area (Å²) in [4.78, 5) is 0. The Balaban J connectivity index is 3.08. The lowest BCUT2D eigenvalue weighted by atomic mass is 9.90. The molecule has 0 unspecified atom stereocenters. The average molecular weight is 290 g/mol. The van der Waals surface area contributed by atoms with Crippen molar-refractivity contribution in [2.24, 2.45) is 0 Å². The Morgan fingerprint density at radius 3 is 2.00 bits per heavy atom. The van der Waals surface area contributed by atoms with Crippen molar-refractivity contribution < 1.29 is 0 Å². The van der Waals surface area contributed by atoms with Gasteiger partial charge in [-0.15, -0.1) is 0 Å². The highest BCUT2D eigenvalue weighted by Crippen LogP contribution is 2.34. The average Bonchev–Trinajstić information content (AvgIpc) is 2.54. The van der Waals surface area contributed by atoms with Crippen LogP contribution in [-0.2, 0) is 0 Å². The van der Waals surface area contributed by atoms with Crippen molar-refractivity contribution in [1.29, 1.82) is 0 Å². The van der Waals surface area contributed by atoms with E-state index in [2.05, 4.69) is 25.3 Å².